The van der Waals surface area contributed by atoms with Gasteiger partial charge < -0.3 is 18.9 Å². The Hall–Kier alpha value is -2.43. The van der Waals surface area contributed by atoms with Gasteiger partial charge in [-0.1, -0.05) is 0 Å². The minimum absolute atomic E-state index is 0.392. The van der Waals surface area contributed by atoms with Gasteiger partial charge in [-0.05, 0) is 18.2 Å². The lowest BCUT2D eigenvalue weighted by Crippen LogP contribution is -1.99. The number of fused-ring (bicyclic) bond motifs is 1. The average Bonchev–Trinajstić information content (AvgIpc) is 2.51. The number of ether oxygens (including phenoxy) is 4. The molecule has 0 aromatic heterocycles. The van der Waals surface area contributed by atoms with E-state index in [1.54, 1.807) is 32.4 Å². The second-order valence-electron chi connectivity index (χ2n) is 4.04. The molecule has 0 unspecified atom stereocenters. The molecular formula is C15H16O5. The van der Waals surface area contributed by atoms with Crippen molar-refractivity contribution in [3.05, 3.63) is 23.8 Å². The van der Waals surface area contributed by atoms with Crippen LogP contribution in [-0.4, -0.2) is 34.7 Å². The number of carbonyl (C=O) groups is 1. The van der Waals surface area contributed by atoms with Gasteiger partial charge in [0, 0.05) is 0 Å². The van der Waals surface area contributed by atoms with Gasteiger partial charge in [0.1, 0.15) is 23.0 Å². The lowest BCUT2D eigenvalue weighted by molar-refractivity contribution is 0.112. The van der Waals surface area contributed by atoms with E-state index in [1.807, 2.05) is 0 Å². The molecule has 0 aliphatic carbocycles. The summed E-state index contributed by atoms with van der Waals surface area (Å²) in [7, 11) is 6.17. The molecule has 106 valence electrons. The van der Waals surface area contributed by atoms with Crippen LogP contribution in [0.15, 0.2) is 18.2 Å². The molecule has 0 amide bonds. The summed E-state index contributed by atoms with van der Waals surface area (Å²) in [5.41, 5.74) is 0.392. The third kappa shape index (κ3) is 2.01. The fourth-order valence-corrected chi connectivity index (χ4v) is 2.27. The summed E-state index contributed by atoms with van der Waals surface area (Å²) in [6.45, 7) is 0. The van der Waals surface area contributed by atoms with Gasteiger partial charge >= 0.3 is 0 Å². The molecule has 0 saturated carbocycles. The summed E-state index contributed by atoms with van der Waals surface area (Å²) < 4.78 is 21.5. The highest BCUT2D eigenvalue weighted by molar-refractivity contribution is 6.06. The topological polar surface area (TPSA) is 54.0 Å². The maximum atomic E-state index is 11.2. The monoisotopic (exact) mass is 276 g/mol. The molecular weight excluding hydrogens is 260 g/mol. The van der Waals surface area contributed by atoms with Crippen LogP contribution < -0.4 is 18.9 Å². The number of carbonyl (C=O) groups excluding carboxylic acids is 1. The minimum atomic E-state index is 0.392. The molecule has 0 N–H and O–H groups in total. The first-order valence-corrected chi connectivity index (χ1v) is 5.96. The van der Waals surface area contributed by atoms with Crippen molar-refractivity contribution < 1.29 is 23.7 Å². The van der Waals surface area contributed by atoms with Crippen LogP contribution in [0.5, 0.6) is 23.0 Å². The van der Waals surface area contributed by atoms with Crippen LogP contribution in [-0.2, 0) is 0 Å². The van der Waals surface area contributed by atoms with Crippen molar-refractivity contribution in [3.63, 3.8) is 0 Å². The van der Waals surface area contributed by atoms with E-state index in [9.17, 15) is 4.79 Å². The van der Waals surface area contributed by atoms with Gasteiger partial charge in [-0.2, -0.15) is 0 Å². The summed E-state index contributed by atoms with van der Waals surface area (Å²) in [6, 6.07) is 5.16. The van der Waals surface area contributed by atoms with Crippen molar-refractivity contribution in [1.29, 1.82) is 0 Å². The van der Waals surface area contributed by atoms with E-state index in [4.69, 9.17) is 18.9 Å². The van der Waals surface area contributed by atoms with Crippen LogP contribution in [0.4, 0.5) is 0 Å². The zero-order valence-corrected chi connectivity index (χ0v) is 11.9. The highest BCUT2D eigenvalue weighted by Crippen LogP contribution is 2.45. The Balaban J connectivity index is 3.03. The Morgan fingerprint density at radius 3 is 1.80 bits per heavy atom. The number of rotatable bonds is 5. The zero-order chi connectivity index (χ0) is 14.7. The molecule has 2 rings (SSSR count). The molecule has 0 spiro atoms. The lowest BCUT2D eigenvalue weighted by atomic mass is 10.0. The van der Waals surface area contributed by atoms with Crippen LogP contribution in [0.3, 0.4) is 0 Å². The maximum absolute atomic E-state index is 11.2. The minimum Gasteiger partial charge on any atom is -0.496 e. The molecule has 2 aromatic rings. The number of aldehydes is 1. The Bertz CT molecular complexity index is 648. The predicted molar refractivity (Wildman–Crippen MR) is 75.5 cm³/mol. The molecule has 0 bridgehead atoms. The number of benzene rings is 2. The lowest BCUT2D eigenvalue weighted by Gasteiger charge is -2.17. The van der Waals surface area contributed by atoms with Gasteiger partial charge in [-0.25, -0.2) is 0 Å². The van der Waals surface area contributed by atoms with E-state index in [0.717, 1.165) is 6.29 Å². The largest absolute Gasteiger partial charge is 0.496 e. The Morgan fingerprint density at radius 2 is 1.35 bits per heavy atom. The van der Waals surface area contributed by atoms with Crippen molar-refractivity contribution in [1.82, 2.24) is 0 Å². The fraction of sp³-hybridized carbons (Fsp3) is 0.267. The summed E-state index contributed by atoms with van der Waals surface area (Å²) in [4.78, 5) is 11.2. The average molecular weight is 276 g/mol. The second-order valence-corrected chi connectivity index (χ2v) is 4.04. The van der Waals surface area contributed by atoms with Gasteiger partial charge in [-0.3, -0.25) is 4.79 Å². The molecule has 0 fully saturated rings. The van der Waals surface area contributed by atoms with Crippen LogP contribution in [0.25, 0.3) is 10.8 Å². The Kier molecular flexibility index (Phi) is 3.98. The van der Waals surface area contributed by atoms with Crippen molar-refractivity contribution in [2.24, 2.45) is 0 Å². The molecule has 0 radical (unpaired) electrons. The summed E-state index contributed by atoms with van der Waals surface area (Å²) >= 11 is 0. The molecule has 0 aliphatic rings. The van der Waals surface area contributed by atoms with E-state index in [2.05, 4.69) is 0 Å². The normalized spacial score (nSPS) is 10.2. The van der Waals surface area contributed by atoms with Crippen molar-refractivity contribution >= 4 is 17.1 Å². The number of hydrogen-bond acceptors (Lipinski definition) is 5. The molecule has 5 nitrogen and oxygen atoms in total. The molecule has 5 heteroatoms. The van der Waals surface area contributed by atoms with Gasteiger partial charge in [-0.15, -0.1) is 0 Å². The molecule has 0 heterocycles. The Morgan fingerprint density at radius 1 is 0.800 bits per heavy atom. The van der Waals surface area contributed by atoms with Gasteiger partial charge in [0.05, 0.1) is 44.8 Å². The van der Waals surface area contributed by atoms with Crippen LogP contribution in [0.2, 0.25) is 0 Å². The third-order valence-electron chi connectivity index (χ3n) is 3.14. The first-order valence-electron chi connectivity index (χ1n) is 5.96. The first kappa shape index (κ1) is 14.0. The predicted octanol–water partition coefficient (Wildman–Crippen LogP) is 2.69. The molecule has 20 heavy (non-hydrogen) atoms. The molecule has 2 aromatic carbocycles. The molecule has 0 aliphatic heterocycles. The van der Waals surface area contributed by atoms with Crippen molar-refractivity contribution in [2.75, 3.05) is 28.4 Å². The highest BCUT2D eigenvalue weighted by atomic mass is 16.5. The Labute approximate surface area is 117 Å². The van der Waals surface area contributed by atoms with E-state index >= 15 is 0 Å². The van der Waals surface area contributed by atoms with Gasteiger partial charge in [0.25, 0.3) is 0 Å². The van der Waals surface area contributed by atoms with Crippen LogP contribution in [0, 0.1) is 0 Å². The first-order chi connectivity index (χ1) is 9.71. The van der Waals surface area contributed by atoms with E-state index in [1.165, 1.54) is 14.2 Å². The van der Waals surface area contributed by atoms with E-state index in [-0.39, 0.29) is 0 Å². The van der Waals surface area contributed by atoms with E-state index < -0.39 is 0 Å². The van der Waals surface area contributed by atoms with Crippen molar-refractivity contribution in [2.45, 2.75) is 0 Å². The molecule has 0 atom stereocenters. The summed E-state index contributed by atoms with van der Waals surface area (Å²) in [6.07, 6.45) is 0.722. The number of hydrogen-bond donors (Lipinski definition) is 0. The van der Waals surface area contributed by atoms with Crippen LogP contribution in [0.1, 0.15) is 10.4 Å². The quantitative estimate of drug-likeness (QED) is 0.786. The number of methoxy groups -OCH3 is 4. The van der Waals surface area contributed by atoms with Gasteiger partial charge in [0.15, 0.2) is 6.29 Å². The summed E-state index contributed by atoms with van der Waals surface area (Å²) in [5, 5.41) is 1.35. The van der Waals surface area contributed by atoms with Gasteiger partial charge in [0.2, 0.25) is 0 Å². The third-order valence-corrected chi connectivity index (χ3v) is 3.14. The second kappa shape index (κ2) is 5.69. The SMILES string of the molecule is COc1ccc(OC)c2c(OC)c(C=O)cc(OC)c12. The highest BCUT2D eigenvalue weighted by Gasteiger charge is 2.20. The van der Waals surface area contributed by atoms with E-state index in [0.29, 0.717) is 39.3 Å². The standard InChI is InChI=1S/C15H16O5/c1-17-10-5-6-11(18-2)14-13(10)12(19-3)7-9(8-16)15(14)20-4/h5-8H,1-4H3. The zero-order valence-electron chi connectivity index (χ0n) is 11.9. The maximum Gasteiger partial charge on any atom is 0.153 e. The molecule has 0 saturated heterocycles. The summed E-state index contributed by atoms with van der Waals surface area (Å²) in [5.74, 6) is 2.17. The van der Waals surface area contributed by atoms with Crippen LogP contribution >= 0.6 is 0 Å². The van der Waals surface area contributed by atoms with Crippen molar-refractivity contribution in [3.8, 4) is 23.0 Å². The smallest absolute Gasteiger partial charge is 0.153 e. The fourth-order valence-electron chi connectivity index (χ4n) is 2.27.